The van der Waals surface area contributed by atoms with Gasteiger partial charge in [0.2, 0.25) is 5.91 Å². The summed E-state index contributed by atoms with van der Waals surface area (Å²) in [6.07, 6.45) is 0.500. The second kappa shape index (κ2) is 30.0. The molecule has 4 N–H and O–H groups in total. The molecule has 492 valence electrons. The second-order valence-corrected chi connectivity index (χ2v) is 24.5. The van der Waals surface area contributed by atoms with Crippen molar-refractivity contribution in [3.05, 3.63) is 236 Å². The van der Waals surface area contributed by atoms with Gasteiger partial charge in [-0.25, -0.2) is 19.7 Å². The van der Waals surface area contributed by atoms with Gasteiger partial charge in [0.1, 0.15) is 54.7 Å². The third kappa shape index (κ3) is 14.7. The number of carbonyl (C=O) groups excluding carboxylic acids is 3. The van der Waals surface area contributed by atoms with Crippen molar-refractivity contribution in [2.75, 3.05) is 46.0 Å². The van der Waals surface area contributed by atoms with Crippen LogP contribution in [0.3, 0.4) is 0 Å². The third-order valence-corrected chi connectivity index (χ3v) is 18.4. The number of H-pyrrole nitrogens is 1. The summed E-state index contributed by atoms with van der Waals surface area (Å²) < 4.78 is 60.0. The van der Waals surface area contributed by atoms with Crippen molar-refractivity contribution in [1.82, 2.24) is 34.4 Å². The Morgan fingerprint density at radius 2 is 1.36 bits per heavy atom. The van der Waals surface area contributed by atoms with Crippen molar-refractivity contribution < 1.29 is 61.5 Å². The van der Waals surface area contributed by atoms with Gasteiger partial charge in [0.15, 0.2) is 17.0 Å². The molecule has 3 aliphatic rings. The summed E-state index contributed by atoms with van der Waals surface area (Å²) in [7, 11) is 1.04. The minimum Gasteiger partial charge on any atom is -0.497 e. The lowest BCUT2D eigenvalue weighted by Gasteiger charge is -2.37. The van der Waals surface area contributed by atoms with E-state index >= 15 is 0 Å². The van der Waals surface area contributed by atoms with Crippen LogP contribution in [0.1, 0.15) is 113 Å². The fourth-order valence-electron chi connectivity index (χ4n) is 12.2. The number of nitrogens with one attached hydrogen (secondary N) is 3. The number of ether oxygens (including phenoxy) is 6. The Labute approximate surface area is 548 Å². The van der Waals surface area contributed by atoms with E-state index in [1.54, 1.807) is 56.3 Å². The molecule has 23 nitrogen and oxygen atoms in total. The predicted octanol–water partition coefficient (Wildman–Crippen LogP) is 10.1. The molecule has 2 aliphatic heterocycles. The molecule has 7 atom stereocenters. The number of hydrogen-bond donors (Lipinski definition) is 4. The zero-order chi connectivity index (χ0) is 66.0. The van der Waals surface area contributed by atoms with Gasteiger partial charge in [0, 0.05) is 55.5 Å². The Morgan fingerprint density at radius 1 is 0.716 bits per heavy atom. The summed E-state index contributed by atoms with van der Waals surface area (Å²) in [4.78, 5) is 80.7. The smallest absolute Gasteiger partial charge is 0.333 e. The average molecular weight is 1310 g/mol. The highest BCUT2D eigenvalue weighted by Gasteiger charge is 2.45. The number of aryl methyl sites for hydroxylation is 1. The van der Waals surface area contributed by atoms with Gasteiger partial charge in [-0.3, -0.25) is 33.3 Å². The predicted molar refractivity (Wildman–Crippen MR) is 351 cm³/mol. The Hall–Kier alpha value is -9.29. The number of nitrogens with zero attached hydrogens (tertiary/aromatic N) is 5. The highest BCUT2D eigenvalue weighted by atomic mass is 31.2. The first-order valence-electron chi connectivity index (χ1n) is 31.5. The van der Waals surface area contributed by atoms with Gasteiger partial charge in [0.05, 0.1) is 52.6 Å². The van der Waals surface area contributed by atoms with Crippen LogP contribution in [0.4, 0.5) is 5.82 Å². The van der Waals surface area contributed by atoms with Gasteiger partial charge in [-0.05, 0) is 101 Å². The molecule has 3 aromatic heterocycles. The van der Waals surface area contributed by atoms with Gasteiger partial charge >= 0.3 is 20.3 Å². The van der Waals surface area contributed by atoms with Crippen molar-refractivity contribution in [2.45, 2.75) is 107 Å². The molecule has 0 spiro atoms. The number of anilines is 1. The quantitative estimate of drug-likeness (QED) is 0.0202. The van der Waals surface area contributed by atoms with E-state index in [9.17, 15) is 29.1 Å². The lowest BCUT2D eigenvalue weighted by molar-refractivity contribution is -0.144. The molecular formula is C71H73N8O15P. The molecule has 12 rings (SSSR count). The lowest BCUT2D eigenvalue weighted by Crippen LogP contribution is -2.38. The van der Waals surface area contributed by atoms with E-state index in [1.807, 2.05) is 110 Å². The molecule has 1 aliphatic carbocycles. The van der Waals surface area contributed by atoms with Crippen LogP contribution < -0.4 is 31.4 Å². The summed E-state index contributed by atoms with van der Waals surface area (Å²) >= 11 is 0. The normalized spacial score (nSPS) is 18.7. The molecule has 5 heterocycles. The molecule has 0 radical (unpaired) electrons. The van der Waals surface area contributed by atoms with Crippen LogP contribution >= 0.6 is 8.60 Å². The number of hydrogen-bond acceptors (Lipinski definition) is 18. The van der Waals surface area contributed by atoms with Gasteiger partial charge < -0.3 is 57.7 Å². The number of amides is 2. The zero-order valence-electron chi connectivity index (χ0n) is 52.8. The number of esters is 1. The number of fused-ring (bicyclic) bond motifs is 4. The number of imidazole rings is 1. The van der Waals surface area contributed by atoms with Gasteiger partial charge in [-0.2, -0.15) is 0 Å². The number of aromatic nitrogens is 6. The van der Waals surface area contributed by atoms with Gasteiger partial charge in [0.25, 0.3) is 11.5 Å². The van der Waals surface area contributed by atoms with Crippen LogP contribution in [0.5, 0.6) is 11.5 Å². The van der Waals surface area contributed by atoms with Crippen molar-refractivity contribution in [3.8, 4) is 22.6 Å². The Bertz CT molecular complexity index is 4170. The number of aliphatic hydroxyl groups excluding tert-OH is 1. The minimum absolute atomic E-state index is 0.0433. The summed E-state index contributed by atoms with van der Waals surface area (Å²) in [5, 5.41) is 17.0. The topological polar surface area (TPSA) is 277 Å². The highest BCUT2D eigenvalue weighted by molar-refractivity contribution is 7.41. The van der Waals surface area contributed by atoms with Crippen molar-refractivity contribution in [2.24, 2.45) is 0 Å². The monoisotopic (exact) mass is 1310 g/mol. The Balaban J connectivity index is 0.730. The van der Waals surface area contributed by atoms with E-state index in [0.717, 1.165) is 44.5 Å². The number of aliphatic hydroxyl groups is 1. The first kappa shape index (κ1) is 65.8. The maximum Gasteiger partial charge on any atom is 0.333 e. The summed E-state index contributed by atoms with van der Waals surface area (Å²) in [5.74, 6) is 0.371. The molecule has 3 unspecified atom stereocenters. The number of rotatable bonds is 28. The molecule has 95 heavy (non-hydrogen) atoms. The van der Waals surface area contributed by atoms with Crippen LogP contribution in [0.15, 0.2) is 180 Å². The molecule has 0 saturated carbocycles. The van der Waals surface area contributed by atoms with E-state index in [4.69, 9.17) is 47.0 Å². The van der Waals surface area contributed by atoms with Crippen LogP contribution in [-0.4, -0.2) is 117 Å². The standard InChI is InChI=1S/C71H73N8O15P/c1-5-34-90-95(91-41-59-57(80)35-62(92-59)78-38-44(2)68(83)77-70(78)85)94-58-36-63(93-60(58)40-89-71(47-14-7-6-8-15-47,48-26-30-50(86-3)31-27-48)49-28-32-51(87-4)33-29-49)79-43-75-65-66(73-42-74-67(65)79)76-69(84)46-24-22-45(23-25-46)37-72-61(81)20-13-21-64(82)88-39-56-54-18-11-9-16-52(54)53-17-10-12-19-55(53)56/h6-12,14-19,22-33,38,42-43,56-60,62-63,80H,5,13,20-21,34-37,39-41H2,1-4H3,(H,72,81)(H,77,83,85)(H,73,74,76,84)/t57?,58?,59-,60-,62-,63-,95?/m1/s1. The molecule has 2 amide bonds. The Kier molecular flexibility index (Phi) is 20.8. The Morgan fingerprint density at radius 3 is 2.03 bits per heavy atom. The SMILES string of the molecule is CCCOP(OC[C@H]1O[C@@H](n2cc(C)c(=O)[nH]c2=O)CC1O)OC1C[C@H](n2cnc3c(NC(=O)c4ccc(CNC(=O)CCCC(=O)OCC5c6ccccc6-c6ccccc65)cc4)ncnc32)O[C@@H]1COC(c1ccccc1)(c1ccc(OC)cc1)c1ccc(OC)cc1. The van der Waals surface area contributed by atoms with E-state index in [0.29, 0.717) is 41.1 Å². The number of benzene rings is 6. The van der Waals surface area contributed by atoms with Crippen molar-refractivity contribution in [3.63, 3.8) is 0 Å². The van der Waals surface area contributed by atoms with Crippen LogP contribution in [0.25, 0.3) is 22.3 Å². The minimum atomic E-state index is -2.18. The summed E-state index contributed by atoms with van der Waals surface area (Å²) in [5.41, 5.74) is 6.55. The maximum absolute atomic E-state index is 13.9. The zero-order valence-corrected chi connectivity index (χ0v) is 53.7. The van der Waals surface area contributed by atoms with E-state index < -0.39 is 68.2 Å². The molecule has 2 fully saturated rings. The molecule has 2 saturated heterocycles. The fraction of sp³-hybridized carbons (Fsp3) is 0.324. The summed E-state index contributed by atoms with van der Waals surface area (Å²) in [6, 6.07) is 48.3. The first-order chi connectivity index (χ1) is 46.3. The van der Waals surface area contributed by atoms with Gasteiger partial charge in [-0.15, -0.1) is 0 Å². The summed E-state index contributed by atoms with van der Waals surface area (Å²) in [6.45, 7) is 3.98. The van der Waals surface area contributed by atoms with E-state index in [2.05, 4.69) is 49.9 Å². The van der Waals surface area contributed by atoms with Gasteiger partial charge in [-0.1, -0.05) is 122 Å². The number of aromatic amines is 1. The molecular weight excluding hydrogens is 1240 g/mol. The molecule has 24 heteroatoms. The molecule has 9 aromatic rings. The van der Waals surface area contributed by atoms with Crippen LogP contribution in [0, 0.1) is 6.92 Å². The first-order valence-corrected chi connectivity index (χ1v) is 32.6. The molecule has 0 bridgehead atoms. The van der Waals surface area contributed by atoms with E-state index in [1.165, 1.54) is 17.1 Å². The fourth-order valence-corrected chi connectivity index (χ4v) is 13.5. The van der Waals surface area contributed by atoms with Crippen LogP contribution in [0.2, 0.25) is 0 Å². The maximum atomic E-state index is 13.9. The van der Waals surface area contributed by atoms with Crippen molar-refractivity contribution >= 4 is 43.4 Å². The highest BCUT2D eigenvalue weighted by Crippen LogP contribution is 2.49. The molecule has 6 aromatic carbocycles. The van der Waals surface area contributed by atoms with Crippen molar-refractivity contribution in [1.29, 1.82) is 0 Å². The van der Waals surface area contributed by atoms with Crippen LogP contribution in [-0.2, 0) is 54.3 Å². The lowest BCUT2D eigenvalue weighted by atomic mass is 9.80. The number of carbonyl (C=O) groups is 3. The largest absolute Gasteiger partial charge is 0.497 e. The van der Waals surface area contributed by atoms with E-state index in [-0.39, 0.29) is 87.8 Å². The average Bonchev–Trinajstić information content (AvgIpc) is 1.57. The second-order valence-electron chi connectivity index (χ2n) is 23.3. The third-order valence-electron chi connectivity index (χ3n) is 17.2. The number of methoxy groups -OCH3 is 2.